The van der Waals surface area contributed by atoms with E-state index in [9.17, 15) is 0 Å². The number of hydrogen-bond donors (Lipinski definition) is 1. The molecule has 1 aliphatic heterocycles. The third kappa shape index (κ3) is 2.41. The molecule has 84 valence electrons. The van der Waals surface area contributed by atoms with Crippen LogP contribution >= 0.6 is 24.0 Å². The molecule has 1 heterocycles. The Morgan fingerprint density at radius 3 is 2.94 bits per heavy atom. The number of thiocarbonyl (C=S) groups is 1. The van der Waals surface area contributed by atoms with Crippen LogP contribution in [-0.2, 0) is 6.42 Å². The minimum absolute atomic E-state index is 0.0705. The Bertz CT molecular complexity index is 443. The minimum Gasteiger partial charge on any atom is -0.353 e. The van der Waals surface area contributed by atoms with E-state index in [1.165, 1.54) is 22.9 Å². The van der Waals surface area contributed by atoms with E-state index in [0.29, 0.717) is 4.32 Å². The zero-order valence-electron chi connectivity index (χ0n) is 9.23. The van der Waals surface area contributed by atoms with Crippen molar-refractivity contribution in [1.29, 1.82) is 0 Å². The molecule has 0 radical (unpaired) electrons. The van der Waals surface area contributed by atoms with E-state index in [-0.39, 0.29) is 5.50 Å². The van der Waals surface area contributed by atoms with Crippen LogP contribution in [-0.4, -0.2) is 9.82 Å². The Kier molecular flexibility index (Phi) is 3.56. The normalized spacial score (nSPS) is 19.1. The van der Waals surface area contributed by atoms with Gasteiger partial charge in [0.25, 0.3) is 0 Å². The van der Waals surface area contributed by atoms with Gasteiger partial charge in [0.05, 0.1) is 0 Å². The Morgan fingerprint density at radius 2 is 2.31 bits per heavy atom. The molecule has 3 nitrogen and oxygen atoms in total. The lowest BCUT2D eigenvalue weighted by Crippen LogP contribution is -2.12. The van der Waals surface area contributed by atoms with Gasteiger partial charge in [-0.25, -0.2) is 0 Å². The fourth-order valence-electron chi connectivity index (χ4n) is 1.65. The summed E-state index contributed by atoms with van der Waals surface area (Å²) in [7, 11) is 0. The van der Waals surface area contributed by atoms with Crippen molar-refractivity contribution in [2.45, 2.75) is 25.8 Å². The average molecular weight is 251 g/mol. The SMILES string of the molecule is CCc1cccc(C)c1NC1N=NC(=S)S1. The molecule has 0 saturated heterocycles. The first-order chi connectivity index (χ1) is 7.70. The van der Waals surface area contributed by atoms with Crippen molar-refractivity contribution in [2.24, 2.45) is 10.2 Å². The molecule has 0 fully saturated rings. The number of aryl methyl sites for hydroxylation is 2. The van der Waals surface area contributed by atoms with Gasteiger partial charge in [-0.15, -0.1) is 10.2 Å². The molecule has 1 unspecified atom stereocenters. The molecule has 0 aromatic heterocycles. The third-order valence-corrected chi connectivity index (χ3v) is 3.55. The molecule has 0 aliphatic carbocycles. The van der Waals surface area contributed by atoms with Crippen LogP contribution in [0.1, 0.15) is 18.1 Å². The molecule has 1 atom stereocenters. The van der Waals surface area contributed by atoms with Crippen molar-refractivity contribution in [3.63, 3.8) is 0 Å². The minimum atomic E-state index is -0.0705. The number of thioether (sulfide) groups is 1. The Balaban J connectivity index is 2.20. The predicted molar refractivity (Wildman–Crippen MR) is 73.0 cm³/mol. The van der Waals surface area contributed by atoms with Crippen LogP contribution in [0, 0.1) is 6.92 Å². The highest BCUT2D eigenvalue weighted by Crippen LogP contribution is 2.28. The topological polar surface area (TPSA) is 36.8 Å². The number of nitrogens with zero attached hydrogens (tertiary/aromatic N) is 2. The van der Waals surface area contributed by atoms with Crippen LogP contribution in [0.2, 0.25) is 0 Å². The molecule has 2 rings (SSSR count). The Hall–Kier alpha value is -0.940. The molecule has 0 amide bonds. The summed E-state index contributed by atoms with van der Waals surface area (Å²) in [5.74, 6) is 0. The van der Waals surface area contributed by atoms with E-state index in [0.717, 1.165) is 12.1 Å². The lowest BCUT2D eigenvalue weighted by atomic mass is 10.1. The van der Waals surface area contributed by atoms with Gasteiger partial charge >= 0.3 is 0 Å². The predicted octanol–water partition coefficient (Wildman–Crippen LogP) is 3.74. The number of nitrogens with one attached hydrogen (secondary N) is 1. The fourth-order valence-corrected chi connectivity index (χ4v) is 2.53. The molecule has 0 saturated carbocycles. The van der Waals surface area contributed by atoms with Crippen LogP contribution in [0.5, 0.6) is 0 Å². The second-order valence-electron chi connectivity index (χ2n) is 3.56. The van der Waals surface area contributed by atoms with Crippen LogP contribution in [0.15, 0.2) is 28.4 Å². The van der Waals surface area contributed by atoms with Gasteiger partial charge in [0, 0.05) is 5.69 Å². The summed E-state index contributed by atoms with van der Waals surface area (Å²) in [6, 6.07) is 6.30. The molecule has 0 bridgehead atoms. The second kappa shape index (κ2) is 4.93. The van der Waals surface area contributed by atoms with E-state index in [2.05, 4.69) is 47.6 Å². The molecule has 1 aromatic rings. The first kappa shape index (κ1) is 11.5. The number of azo groups is 1. The van der Waals surface area contributed by atoms with E-state index < -0.39 is 0 Å². The molecular weight excluding hydrogens is 238 g/mol. The van der Waals surface area contributed by atoms with E-state index >= 15 is 0 Å². The molecule has 1 aliphatic rings. The van der Waals surface area contributed by atoms with Gasteiger partial charge in [-0.05, 0) is 48.5 Å². The van der Waals surface area contributed by atoms with Crippen LogP contribution in [0.4, 0.5) is 5.69 Å². The maximum absolute atomic E-state index is 4.97. The zero-order chi connectivity index (χ0) is 11.5. The second-order valence-corrected chi connectivity index (χ2v) is 5.27. The van der Waals surface area contributed by atoms with E-state index in [4.69, 9.17) is 12.2 Å². The summed E-state index contributed by atoms with van der Waals surface area (Å²) in [6.45, 7) is 4.24. The van der Waals surface area contributed by atoms with Crippen LogP contribution in [0.3, 0.4) is 0 Å². The number of hydrogen-bond acceptors (Lipinski definition) is 4. The van der Waals surface area contributed by atoms with Crippen molar-refractivity contribution in [1.82, 2.24) is 0 Å². The summed E-state index contributed by atoms with van der Waals surface area (Å²) in [5, 5.41) is 11.3. The maximum Gasteiger partial charge on any atom is 0.194 e. The van der Waals surface area contributed by atoms with Crippen molar-refractivity contribution in [3.05, 3.63) is 29.3 Å². The summed E-state index contributed by atoms with van der Waals surface area (Å²) in [6.07, 6.45) is 1.00. The van der Waals surface area contributed by atoms with Crippen LogP contribution in [0.25, 0.3) is 0 Å². The highest BCUT2D eigenvalue weighted by molar-refractivity contribution is 8.23. The zero-order valence-corrected chi connectivity index (χ0v) is 10.9. The van der Waals surface area contributed by atoms with Crippen molar-refractivity contribution < 1.29 is 0 Å². The highest BCUT2D eigenvalue weighted by atomic mass is 32.2. The van der Waals surface area contributed by atoms with Crippen LogP contribution < -0.4 is 5.32 Å². The lowest BCUT2D eigenvalue weighted by molar-refractivity contribution is 0.981. The van der Waals surface area contributed by atoms with Gasteiger partial charge in [-0.1, -0.05) is 25.1 Å². The van der Waals surface area contributed by atoms with Gasteiger partial charge in [0.15, 0.2) is 9.82 Å². The molecule has 5 heteroatoms. The molecule has 1 N–H and O–H groups in total. The van der Waals surface area contributed by atoms with E-state index in [1.54, 1.807) is 0 Å². The molecular formula is C11H13N3S2. The summed E-state index contributed by atoms with van der Waals surface area (Å²) in [5.41, 5.74) is 3.62. The molecule has 1 aromatic carbocycles. The standard InChI is InChI=1S/C11H13N3S2/c1-3-8-6-4-5-7(2)9(8)12-10-13-14-11(15)16-10/h4-6,10,12H,3H2,1-2H3. The fraction of sp³-hybridized carbons (Fsp3) is 0.364. The van der Waals surface area contributed by atoms with Gasteiger partial charge in [0.2, 0.25) is 0 Å². The quantitative estimate of drug-likeness (QED) is 0.831. The smallest absolute Gasteiger partial charge is 0.194 e. The van der Waals surface area contributed by atoms with Crippen molar-refractivity contribution >= 4 is 34.0 Å². The number of para-hydroxylation sites is 1. The van der Waals surface area contributed by atoms with Gasteiger partial charge < -0.3 is 5.32 Å². The summed E-state index contributed by atoms with van der Waals surface area (Å²) in [4.78, 5) is 0. The summed E-state index contributed by atoms with van der Waals surface area (Å²) >= 11 is 6.44. The highest BCUT2D eigenvalue weighted by Gasteiger charge is 2.18. The number of anilines is 1. The maximum atomic E-state index is 4.97. The number of rotatable bonds is 3. The van der Waals surface area contributed by atoms with Gasteiger partial charge in [-0.2, -0.15) is 0 Å². The number of benzene rings is 1. The van der Waals surface area contributed by atoms with Crippen molar-refractivity contribution in [3.8, 4) is 0 Å². The Labute approximate surface area is 105 Å². The first-order valence-corrected chi connectivity index (χ1v) is 6.46. The largest absolute Gasteiger partial charge is 0.353 e. The van der Waals surface area contributed by atoms with Gasteiger partial charge in [-0.3, -0.25) is 0 Å². The monoisotopic (exact) mass is 251 g/mol. The third-order valence-electron chi connectivity index (χ3n) is 2.46. The molecule has 16 heavy (non-hydrogen) atoms. The lowest BCUT2D eigenvalue weighted by Gasteiger charge is -2.15. The van der Waals surface area contributed by atoms with Gasteiger partial charge in [0.1, 0.15) is 0 Å². The Morgan fingerprint density at radius 1 is 1.50 bits per heavy atom. The average Bonchev–Trinajstić information content (AvgIpc) is 2.67. The van der Waals surface area contributed by atoms with E-state index in [1.807, 2.05) is 0 Å². The van der Waals surface area contributed by atoms with Crippen molar-refractivity contribution in [2.75, 3.05) is 5.32 Å². The molecule has 0 spiro atoms. The first-order valence-electron chi connectivity index (χ1n) is 5.17. The summed E-state index contributed by atoms with van der Waals surface area (Å²) < 4.78 is 0.601.